The molecule has 4 N–H and O–H groups in total. The van der Waals surface area contributed by atoms with Crippen molar-refractivity contribution in [3.8, 4) is 11.5 Å². The van der Waals surface area contributed by atoms with Crippen LogP contribution in [-0.4, -0.2) is 26.9 Å². The molecule has 0 aliphatic heterocycles. The Morgan fingerprint density at radius 3 is 2.31 bits per heavy atom. The van der Waals surface area contributed by atoms with E-state index in [9.17, 15) is 0 Å². The van der Waals surface area contributed by atoms with Crippen LogP contribution in [0, 0.1) is 0 Å². The third kappa shape index (κ3) is 4.13. The van der Waals surface area contributed by atoms with Gasteiger partial charge in [0.25, 0.3) is 0 Å². The molecular formula is C8H14BeClNO2. The zero-order chi connectivity index (χ0) is 8.27. The number of phenols is 2. The molecule has 3 nitrogen and oxygen atoms in total. The number of benzene rings is 1. The van der Waals surface area contributed by atoms with E-state index in [1.54, 1.807) is 6.07 Å². The Hall–Kier alpha value is -0.761. The summed E-state index contributed by atoms with van der Waals surface area (Å²) in [5, 5.41) is 18.0. The standard InChI is InChI=1S/C8H11NO2.Be.ClH.2H/c9-4-3-6-1-2-7(10)8(11)5-6;;;;/h1-2,5,10-11H,3-4,9H2;;1H;;. The van der Waals surface area contributed by atoms with Gasteiger partial charge in [0.2, 0.25) is 0 Å². The average Bonchev–Trinajstić information content (AvgIpc) is 1.98. The van der Waals surface area contributed by atoms with Gasteiger partial charge in [0.15, 0.2) is 11.5 Å². The van der Waals surface area contributed by atoms with E-state index in [1.807, 2.05) is 0 Å². The van der Waals surface area contributed by atoms with Crippen LogP contribution in [0.4, 0.5) is 0 Å². The summed E-state index contributed by atoms with van der Waals surface area (Å²) in [6.07, 6.45) is 0.716. The van der Waals surface area contributed by atoms with E-state index in [2.05, 4.69) is 0 Å². The number of hydrogen-bond acceptors (Lipinski definition) is 3. The number of aromatic hydroxyl groups is 2. The number of nitrogens with two attached hydrogens (primary N) is 1. The molecule has 5 heteroatoms. The van der Waals surface area contributed by atoms with E-state index in [4.69, 9.17) is 15.9 Å². The summed E-state index contributed by atoms with van der Waals surface area (Å²) in [5.41, 5.74) is 6.24. The van der Waals surface area contributed by atoms with Crippen LogP contribution in [0.2, 0.25) is 0 Å². The molecule has 1 aromatic rings. The van der Waals surface area contributed by atoms with E-state index in [0.717, 1.165) is 5.56 Å². The maximum absolute atomic E-state index is 9.04. The summed E-state index contributed by atoms with van der Waals surface area (Å²) >= 11 is 0. The zero-order valence-corrected chi connectivity index (χ0v) is 7.25. The van der Waals surface area contributed by atoms with E-state index >= 15 is 0 Å². The second-order valence-electron chi connectivity index (χ2n) is 2.36. The van der Waals surface area contributed by atoms with Gasteiger partial charge in [0.1, 0.15) is 0 Å². The van der Waals surface area contributed by atoms with Gasteiger partial charge in [-0.3, -0.25) is 0 Å². The molecule has 1 aromatic carbocycles. The van der Waals surface area contributed by atoms with Crippen LogP contribution in [0.5, 0.6) is 11.5 Å². The van der Waals surface area contributed by atoms with Crippen LogP contribution in [0.25, 0.3) is 0 Å². The Kier molecular flexibility index (Phi) is 7.63. The minimum Gasteiger partial charge on any atom is -1.00 e. The normalized spacial score (nSPS) is 8.38. The Bertz CT molecular complexity index is 263. The van der Waals surface area contributed by atoms with Gasteiger partial charge in [-0.25, -0.2) is 0 Å². The van der Waals surface area contributed by atoms with Crippen LogP contribution in [0.1, 0.15) is 6.99 Å². The van der Waals surface area contributed by atoms with Crippen LogP contribution in [0.3, 0.4) is 0 Å². The van der Waals surface area contributed by atoms with E-state index < -0.39 is 0 Å². The van der Waals surface area contributed by atoms with Gasteiger partial charge < -0.3 is 28.4 Å². The summed E-state index contributed by atoms with van der Waals surface area (Å²) in [4.78, 5) is 0. The molecule has 0 heterocycles. The van der Waals surface area contributed by atoms with Crippen molar-refractivity contribution in [3.05, 3.63) is 23.8 Å². The minimum atomic E-state index is -0.0919. The molecule has 0 radical (unpaired) electrons. The Morgan fingerprint density at radius 2 is 1.85 bits per heavy atom. The molecule has 0 amide bonds. The van der Waals surface area contributed by atoms with Crippen molar-refractivity contribution < 1.29 is 24.0 Å². The Labute approximate surface area is 88.7 Å². The van der Waals surface area contributed by atoms with Gasteiger partial charge in [0.05, 0.1) is 0 Å². The summed E-state index contributed by atoms with van der Waals surface area (Å²) in [7, 11) is 0. The molecule has 0 spiro atoms. The number of halogens is 1. The topological polar surface area (TPSA) is 66.5 Å². The van der Waals surface area contributed by atoms with E-state index in [-0.39, 0.29) is 35.5 Å². The molecule has 0 atom stereocenters. The summed E-state index contributed by atoms with van der Waals surface area (Å²) in [6.45, 7) is 0.546. The smallest absolute Gasteiger partial charge is 1.00 e. The number of rotatable bonds is 2. The first kappa shape index (κ1) is 14.7. The SMILES string of the molecule is NCCc1ccc(O)c(O)c1.[BeH2].[Cl-].[H+]. The van der Waals surface area contributed by atoms with Gasteiger partial charge >= 0.3 is 11.5 Å². The van der Waals surface area contributed by atoms with Gasteiger partial charge in [0, 0.05) is 0 Å². The minimum absolute atomic E-state index is 0. The molecule has 0 saturated carbocycles. The van der Waals surface area contributed by atoms with E-state index in [0.29, 0.717) is 13.0 Å². The van der Waals surface area contributed by atoms with Crippen molar-refractivity contribution in [1.82, 2.24) is 0 Å². The molecule has 0 aliphatic rings. The van der Waals surface area contributed by atoms with Crippen molar-refractivity contribution in [3.63, 3.8) is 0 Å². The maximum Gasteiger partial charge on any atom is 1.00 e. The van der Waals surface area contributed by atoms with E-state index in [1.165, 1.54) is 12.1 Å². The third-order valence-corrected chi connectivity index (χ3v) is 1.47. The third-order valence-electron chi connectivity index (χ3n) is 1.47. The average molecular weight is 201 g/mol. The monoisotopic (exact) mass is 200 g/mol. The molecule has 13 heavy (non-hydrogen) atoms. The fraction of sp³-hybridized carbons (Fsp3) is 0.250. The van der Waals surface area contributed by atoms with Crippen molar-refractivity contribution in [2.24, 2.45) is 5.73 Å². The van der Waals surface area contributed by atoms with Crippen LogP contribution < -0.4 is 18.1 Å². The van der Waals surface area contributed by atoms with Crippen molar-refractivity contribution in [2.45, 2.75) is 6.42 Å². The van der Waals surface area contributed by atoms with Crippen molar-refractivity contribution >= 4 is 10.1 Å². The predicted molar refractivity (Wildman–Crippen MR) is 52.2 cm³/mol. The molecule has 0 bridgehead atoms. The fourth-order valence-corrected chi connectivity index (χ4v) is 0.891. The van der Waals surface area contributed by atoms with Gasteiger partial charge in [-0.2, -0.15) is 0 Å². The van der Waals surface area contributed by atoms with Gasteiger partial charge in [-0.05, 0) is 30.7 Å². The first-order chi connectivity index (χ1) is 5.24. The number of phenolic OH excluding ortho intramolecular Hbond substituents is 2. The first-order valence-electron chi connectivity index (χ1n) is 3.45. The number of hydrogen-bond donors (Lipinski definition) is 3. The molecule has 0 aliphatic carbocycles. The molecule has 0 saturated heterocycles. The van der Waals surface area contributed by atoms with Crippen LogP contribution >= 0.6 is 0 Å². The Morgan fingerprint density at radius 1 is 1.23 bits per heavy atom. The first-order valence-corrected chi connectivity index (χ1v) is 3.45. The molecule has 72 valence electrons. The predicted octanol–water partition coefficient (Wildman–Crippen LogP) is -3.20. The van der Waals surface area contributed by atoms with Crippen molar-refractivity contribution in [1.29, 1.82) is 0 Å². The summed E-state index contributed by atoms with van der Waals surface area (Å²) < 4.78 is 0. The quantitative estimate of drug-likeness (QED) is 0.348. The van der Waals surface area contributed by atoms with Crippen LogP contribution in [-0.2, 0) is 6.42 Å². The van der Waals surface area contributed by atoms with Gasteiger partial charge in [-0.15, -0.1) is 0 Å². The molecule has 0 aromatic heterocycles. The van der Waals surface area contributed by atoms with Crippen molar-refractivity contribution in [2.75, 3.05) is 6.54 Å². The maximum atomic E-state index is 9.04. The molecule has 1 rings (SSSR count). The fourth-order valence-electron chi connectivity index (χ4n) is 0.891. The van der Waals surface area contributed by atoms with Gasteiger partial charge in [-0.1, -0.05) is 6.07 Å². The largest absolute Gasteiger partial charge is 1.00 e. The molecule has 0 unspecified atom stereocenters. The second-order valence-corrected chi connectivity index (χ2v) is 2.36. The zero-order valence-electron chi connectivity index (χ0n) is 7.50. The summed E-state index contributed by atoms with van der Waals surface area (Å²) in [6, 6.07) is 4.71. The van der Waals surface area contributed by atoms with Crippen LogP contribution in [0.15, 0.2) is 18.2 Å². The Balaban J connectivity index is -0.000000403. The second kappa shape index (κ2) is 6.72. The summed E-state index contributed by atoms with van der Waals surface area (Å²) in [5.74, 6) is -0.179. The molecule has 0 fully saturated rings. The molecular weight excluding hydrogens is 187 g/mol.